The third-order valence-corrected chi connectivity index (χ3v) is 6.90. The van der Waals surface area contributed by atoms with Crippen molar-refractivity contribution in [1.82, 2.24) is 3.97 Å². The van der Waals surface area contributed by atoms with E-state index in [2.05, 4.69) is 22.0 Å². The molecule has 1 aliphatic carbocycles. The van der Waals surface area contributed by atoms with Crippen molar-refractivity contribution < 1.29 is 13.2 Å². The maximum atomic E-state index is 13.6. The summed E-state index contributed by atoms with van der Waals surface area (Å²) in [5.41, 5.74) is 1.00. The lowest BCUT2D eigenvalue weighted by molar-refractivity contribution is 0.0835. The van der Waals surface area contributed by atoms with Crippen molar-refractivity contribution in [1.29, 1.82) is 5.26 Å². The number of halogens is 1. The fourth-order valence-corrected chi connectivity index (χ4v) is 5.55. The van der Waals surface area contributed by atoms with E-state index in [-0.39, 0.29) is 12.2 Å². The Morgan fingerprint density at radius 2 is 1.93 bits per heavy atom. The molecule has 5 nitrogen and oxygen atoms in total. The molecule has 1 aliphatic rings. The van der Waals surface area contributed by atoms with Crippen molar-refractivity contribution in [3.8, 4) is 6.07 Å². The average Bonchev–Trinajstić information content (AvgIpc) is 2.99. The number of benzene rings is 2. The highest BCUT2D eigenvalue weighted by atomic mass is 79.9. The minimum atomic E-state index is -3.60. The average molecular weight is 457 g/mol. The number of nitriles is 1. The minimum absolute atomic E-state index is 0.289. The first-order chi connectivity index (χ1) is 13.3. The van der Waals surface area contributed by atoms with Gasteiger partial charge in [0.1, 0.15) is 5.41 Å². The molecular weight excluding hydrogens is 440 g/mol. The van der Waals surface area contributed by atoms with E-state index in [4.69, 9.17) is 0 Å². The molecule has 7 heteroatoms. The molecule has 4 rings (SSSR count). The van der Waals surface area contributed by atoms with Crippen molar-refractivity contribution in [3.63, 3.8) is 0 Å². The Morgan fingerprint density at radius 3 is 2.57 bits per heavy atom. The van der Waals surface area contributed by atoms with Crippen LogP contribution in [0.15, 0.2) is 53.0 Å². The zero-order chi connectivity index (χ0) is 20.1. The molecule has 0 bridgehead atoms. The summed E-state index contributed by atoms with van der Waals surface area (Å²) in [5.74, 6) is -0.300. The van der Waals surface area contributed by atoms with Gasteiger partial charge in [0, 0.05) is 21.1 Å². The molecule has 3 aromatic rings. The van der Waals surface area contributed by atoms with Crippen LogP contribution in [0, 0.1) is 16.7 Å². The number of rotatable bonds is 3. The first kappa shape index (κ1) is 18.9. The number of ketones is 1. The van der Waals surface area contributed by atoms with Crippen LogP contribution in [-0.4, -0.2) is 24.4 Å². The quantitative estimate of drug-likeness (QED) is 0.594. The molecular formula is C21H17BrN2O3S. The fraction of sp³-hybridized carbons (Fsp3) is 0.238. The molecule has 0 amide bonds. The number of fused-ring (bicyclic) bond motifs is 3. The number of carbonyl (C=O) groups excluding carboxylic acids is 1. The van der Waals surface area contributed by atoms with Crippen molar-refractivity contribution in [2.45, 2.75) is 19.3 Å². The summed E-state index contributed by atoms with van der Waals surface area (Å²) >= 11 is 3.40. The maximum absolute atomic E-state index is 13.6. The van der Waals surface area contributed by atoms with E-state index in [0.717, 1.165) is 16.3 Å². The SMILES string of the molecule is CS(=O)(=O)n1c2c(c3cc(Br)ccc31)C(=O)[C@@](C#N)(Cc1ccccc1)CC2. The topological polar surface area (TPSA) is 79.9 Å². The van der Waals surface area contributed by atoms with E-state index < -0.39 is 15.4 Å². The molecule has 0 saturated carbocycles. The van der Waals surface area contributed by atoms with Crippen molar-refractivity contribution in [2.24, 2.45) is 5.41 Å². The van der Waals surface area contributed by atoms with Crippen LogP contribution in [-0.2, 0) is 22.9 Å². The largest absolute Gasteiger partial charge is 0.292 e. The van der Waals surface area contributed by atoms with Gasteiger partial charge in [0.25, 0.3) is 0 Å². The van der Waals surface area contributed by atoms with Crippen LogP contribution in [0.25, 0.3) is 10.9 Å². The minimum Gasteiger partial charge on any atom is -0.292 e. The van der Waals surface area contributed by atoms with Gasteiger partial charge in [-0.1, -0.05) is 46.3 Å². The Hall–Kier alpha value is -2.43. The summed E-state index contributed by atoms with van der Waals surface area (Å²) in [5, 5.41) is 10.5. The first-order valence-corrected chi connectivity index (χ1v) is 11.4. The molecule has 0 aliphatic heterocycles. The fourth-order valence-electron chi connectivity index (χ4n) is 4.09. The molecule has 0 unspecified atom stereocenters. The van der Waals surface area contributed by atoms with Gasteiger partial charge in [-0.2, -0.15) is 5.26 Å². The second-order valence-electron chi connectivity index (χ2n) is 7.20. The van der Waals surface area contributed by atoms with Gasteiger partial charge in [-0.3, -0.25) is 4.79 Å². The van der Waals surface area contributed by atoms with Gasteiger partial charge in [0.15, 0.2) is 5.78 Å². The molecule has 142 valence electrons. The van der Waals surface area contributed by atoms with Crippen LogP contribution in [0.5, 0.6) is 0 Å². The zero-order valence-corrected chi connectivity index (χ0v) is 17.5. The second kappa shape index (κ2) is 6.57. The molecule has 0 saturated heterocycles. The first-order valence-electron chi connectivity index (χ1n) is 8.80. The highest BCUT2D eigenvalue weighted by Crippen LogP contribution is 2.43. The Kier molecular flexibility index (Phi) is 4.44. The van der Waals surface area contributed by atoms with Crippen molar-refractivity contribution in [2.75, 3.05) is 6.26 Å². The standard InChI is InChI=1S/C21H17BrN2O3S/c1-28(26,27)24-17-8-7-15(22)11-16(17)19-18(24)9-10-21(13-23,20(19)25)12-14-5-3-2-4-6-14/h2-8,11H,9-10,12H2,1H3/t21-/m1/s1. The molecule has 0 N–H and O–H groups in total. The van der Waals surface area contributed by atoms with Crippen molar-refractivity contribution in [3.05, 3.63) is 69.8 Å². The molecule has 1 atom stereocenters. The highest BCUT2D eigenvalue weighted by molar-refractivity contribution is 9.10. The van der Waals surface area contributed by atoms with Crippen LogP contribution in [0.2, 0.25) is 0 Å². The summed E-state index contributed by atoms with van der Waals surface area (Å²) in [7, 11) is -3.60. The van der Waals surface area contributed by atoms with Gasteiger partial charge in [0.05, 0.1) is 17.8 Å². The number of nitrogens with zero attached hydrogens (tertiary/aromatic N) is 2. The van der Waals surface area contributed by atoms with Gasteiger partial charge in [-0.25, -0.2) is 12.4 Å². The predicted molar refractivity (Wildman–Crippen MR) is 111 cm³/mol. The van der Waals surface area contributed by atoms with E-state index in [1.807, 2.05) is 30.3 Å². The van der Waals surface area contributed by atoms with E-state index >= 15 is 0 Å². The second-order valence-corrected chi connectivity index (χ2v) is 9.94. The predicted octanol–water partition coefficient (Wildman–Crippen LogP) is 4.09. The smallest absolute Gasteiger partial charge is 0.236 e. The maximum Gasteiger partial charge on any atom is 0.236 e. The lowest BCUT2D eigenvalue weighted by atomic mass is 9.69. The lowest BCUT2D eigenvalue weighted by Gasteiger charge is -2.30. The van der Waals surface area contributed by atoms with E-state index in [0.29, 0.717) is 35.0 Å². The van der Waals surface area contributed by atoms with Crippen LogP contribution < -0.4 is 0 Å². The van der Waals surface area contributed by atoms with Gasteiger partial charge < -0.3 is 0 Å². The Labute approximate surface area is 171 Å². The zero-order valence-electron chi connectivity index (χ0n) is 15.1. The summed E-state index contributed by atoms with van der Waals surface area (Å²) in [6.45, 7) is 0. The third-order valence-electron chi connectivity index (χ3n) is 5.33. The summed E-state index contributed by atoms with van der Waals surface area (Å²) in [4.78, 5) is 13.6. The number of hydrogen-bond donors (Lipinski definition) is 0. The highest BCUT2D eigenvalue weighted by Gasteiger charge is 2.46. The normalized spacial score (nSPS) is 19.4. The number of Topliss-reactive ketones (excluding diaryl/α,β-unsaturated/α-hetero) is 1. The summed E-state index contributed by atoms with van der Waals surface area (Å²) in [6.07, 6.45) is 2.08. The van der Waals surface area contributed by atoms with Gasteiger partial charge in [-0.05, 0) is 43.0 Å². The van der Waals surface area contributed by atoms with Crippen LogP contribution in [0.4, 0.5) is 0 Å². The molecule has 2 aromatic carbocycles. The Balaban J connectivity index is 1.96. The van der Waals surface area contributed by atoms with Crippen LogP contribution in [0.3, 0.4) is 0 Å². The number of carbonyl (C=O) groups is 1. The molecule has 1 aromatic heterocycles. The van der Waals surface area contributed by atoms with E-state index in [9.17, 15) is 18.5 Å². The molecule has 28 heavy (non-hydrogen) atoms. The van der Waals surface area contributed by atoms with Gasteiger partial charge in [0.2, 0.25) is 10.0 Å². The molecule has 0 fully saturated rings. The van der Waals surface area contributed by atoms with Crippen LogP contribution in [0.1, 0.15) is 28.0 Å². The van der Waals surface area contributed by atoms with Gasteiger partial charge >= 0.3 is 0 Å². The number of hydrogen-bond acceptors (Lipinski definition) is 4. The molecule has 0 spiro atoms. The Bertz CT molecular complexity index is 1260. The monoisotopic (exact) mass is 456 g/mol. The number of aromatic nitrogens is 1. The third kappa shape index (κ3) is 2.88. The summed E-state index contributed by atoms with van der Waals surface area (Å²) in [6, 6.07) is 16.9. The Morgan fingerprint density at radius 1 is 1.21 bits per heavy atom. The van der Waals surface area contributed by atoms with Crippen LogP contribution >= 0.6 is 15.9 Å². The molecule has 1 heterocycles. The molecule has 0 radical (unpaired) electrons. The summed E-state index contributed by atoms with van der Waals surface area (Å²) < 4.78 is 26.9. The lowest BCUT2D eigenvalue weighted by Crippen LogP contribution is -2.37. The van der Waals surface area contributed by atoms with E-state index in [1.54, 1.807) is 18.2 Å². The van der Waals surface area contributed by atoms with Crippen molar-refractivity contribution >= 4 is 42.6 Å². The van der Waals surface area contributed by atoms with Gasteiger partial charge in [-0.15, -0.1) is 0 Å². The van der Waals surface area contributed by atoms with E-state index in [1.165, 1.54) is 3.97 Å².